The number of hydrogen-bond donors (Lipinski definition) is 0. The van der Waals surface area contributed by atoms with Gasteiger partial charge in [0.2, 0.25) is 6.73 Å². The molecule has 16 heavy (non-hydrogen) atoms. The molecule has 0 N–H and O–H groups in total. The summed E-state index contributed by atoms with van der Waals surface area (Å²) in [7, 11) is 0. The molecule has 0 saturated heterocycles. The fraction of sp³-hybridized carbons (Fsp3) is 0.571. The van der Waals surface area contributed by atoms with Gasteiger partial charge in [0.15, 0.2) is 5.10 Å². The minimum atomic E-state index is -0.759. The van der Waals surface area contributed by atoms with E-state index in [1.807, 2.05) is 0 Å². The van der Waals surface area contributed by atoms with Gasteiger partial charge < -0.3 is 25.0 Å². The summed E-state index contributed by atoms with van der Waals surface area (Å²) in [5.74, 6) is -0.938. The Morgan fingerprint density at radius 3 is 2.44 bits per heavy atom. The Morgan fingerprint density at radius 2 is 2.00 bits per heavy atom. The van der Waals surface area contributed by atoms with Gasteiger partial charge in [-0.15, -0.1) is 0 Å². The Hall–Kier alpha value is -2.03. The van der Waals surface area contributed by atoms with Crippen LogP contribution in [-0.4, -0.2) is 26.2 Å². The maximum absolute atomic E-state index is 10.7. The highest BCUT2D eigenvalue weighted by atomic mass is 16.6. The van der Waals surface area contributed by atoms with Gasteiger partial charge in [-0.25, -0.2) is 0 Å². The molecule has 0 aliphatic carbocycles. The average molecular weight is 230 g/mol. The standard InChI is InChI=1S/C7H10N4O5/c1-3-16-4-9-7(11(14)15)5(2)6(8-9)10(12)13/h3-4H2,1-2H3. The zero-order chi connectivity index (χ0) is 12.3. The van der Waals surface area contributed by atoms with Gasteiger partial charge in [0.05, 0.1) is 0 Å². The van der Waals surface area contributed by atoms with Crippen molar-refractivity contribution in [1.82, 2.24) is 9.78 Å². The van der Waals surface area contributed by atoms with Crippen LogP contribution in [0.3, 0.4) is 0 Å². The number of nitrogens with zero attached hydrogens (tertiary/aromatic N) is 4. The molecular weight excluding hydrogens is 220 g/mol. The van der Waals surface area contributed by atoms with Crippen LogP contribution in [0.2, 0.25) is 0 Å². The first kappa shape index (κ1) is 12.0. The Balaban J connectivity index is 3.20. The lowest BCUT2D eigenvalue weighted by Gasteiger charge is -1.95. The first-order valence-corrected chi connectivity index (χ1v) is 4.43. The molecule has 0 spiro atoms. The van der Waals surface area contributed by atoms with Crippen molar-refractivity contribution in [2.45, 2.75) is 20.6 Å². The summed E-state index contributed by atoms with van der Waals surface area (Å²) >= 11 is 0. The number of nitro groups is 2. The molecule has 0 aliphatic heterocycles. The van der Waals surface area contributed by atoms with Gasteiger partial charge in [0, 0.05) is 6.61 Å². The van der Waals surface area contributed by atoms with Crippen molar-refractivity contribution in [3.05, 3.63) is 25.8 Å². The predicted octanol–water partition coefficient (Wildman–Crippen LogP) is 1.00. The first-order valence-electron chi connectivity index (χ1n) is 4.43. The van der Waals surface area contributed by atoms with Crippen LogP contribution < -0.4 is 0 Å². The van der Waals surface area contributed by atoms with E-state index in [1.165, 1.54) is 6.92 Å². The Morgan fingerprint density at radius 1 is 1.38 bits per heavy atom. The third-order valence-electron chi connectivity index (χ3n) is 1.89. The molecule has 0 aromatic carbocycles. The topological polar surface area (TPSA) is 113 Å². The zero-order valence-corrected chi connectivity index (χ0v) is 8.74. The van der Waals surface area contributed by atoms with E-state index in [2.05, 4.69) is 5.10 Å². The molecule has 0 unspecified atom stereocenters. The Bertz CT molecular complexity index is 427. The summed E-state index contributed by atoms with van der Waals surface area (Å²) in [6.07, 6.45) is 0. The molecule has 0 bridgehead atoms. The minimum absolute atomic E-state index is 0.0743. The molecule has 88 valence electrons. The average Bonchev–Trinajstić information content (AvgIpc) is 2.52. The van der Waals surface area contributed by atoms with Gasteiger partial charge in [-0.3, -0.25) is 0 Å². The lowest BCUT2D eigenvalue weighted by atomic mass is 10.3. The number of aromatic nitrogens is 2. The molecule has 1 rings (SSSR count). The second-order valence-corrected chi connectivity index (χ2v) is 2.91. The third-order valence-corrected chi connectivity index (χ3v) is 1.89. The molecule has 1 aromatic rings. The fourth-order valence-corrected chi connectivity index (χ4v) is 1.20. The van der Waals surface area contributed by atoms with E-state index in [9.17, 15) is 20.2 Å². The van der Waals surface area contributed by atoms with E-state index in [0.717, 1.165) is 4.68 Å². The largest absolute Gasteiger partial charge is 0.423 e. The lowest BCUT2D eigenvalue weighted by Crippen LogP contribution is -2.08. The first-order chi connectivity index (χ1) is 7.49. The van der Waals surface area contributed by atoms with Gasteiger partial charge >= 0.3 is 11.6 Å². The van der Waals surface area contributed by atoms with Gasteiger partial charge in [-0.1, -0.05) is 0 Å². The maximum Gasteiger partial charge on any atom is 0.423 e. The van der Waals surface area contributed by atoms with E-state index in [0.29, 0.717) is 6.61 Å². The molecule has 9 heteroatoms. The van der Waals surface area contributed by atoms with Crippen LogP contribution in [0.25, 0.3) is 0 Å². The van der Waals surface area contributed by atoms with E-state index in [4.69, 9.17) is 4.74 Å². The van der Waals surface area contributed by atoms with Crippen molar-refractivity contribution in [2.75, 3.05) is 6.61 Å². The van der Waals surface area contributed by atoms with Crippen molar-refractivity contribution < 1.29 is 14.6 Å². The van der Waals surface area contributed by atoms with Crippen LogP contribution in [0.4, 0.5) is 11.6 Å². The summed E-state index contributed by atoms with van der Waals surface area (Å²) in [6.45, 7) is 3.15. The van der Waals surface area contributed by atoms with Crippen LogP contribution in [0, 0.1) is 27.2 Å². The smallest absolute Gasteiger partial charge is 0.358 e. The molecule has 0 atom stereocenters. The summed E-state index contributed by atoms with van der Waals surface area (Å²) < 4.78 is 5.80. The molecule has 0 saturated carbocycles. The van der Waals surface area contributed by atoms with E-state index in [1.54, 1.807) is 6.92 Å². The summed E-state index contributed by atoms with van der Waals surface area (Å²) in [5, 5.41) is 24.8. The highest BCUT2D eigenvalue weighted by Crippen LogP contribution is 2.26. The molecular formula is C7H10N4O5. The molecule has 0 fully saturated rings. The van der Waals surface area contributed by atoms with Crippen LogP contribution >= 0.6 is 0 Å². The third kappa shape index (κ3) is 2.14. The Kier molecular flexibility index (Phi) is 3.51. The van der Waals surface area contributed by atoms with Crippen LogP contribution in [0.1, 0.15) is 12.5 Å². The van der Waals surface area contributed by atoms with Gasteiger partial charge in [0.1, 0.15) is 5.56 Å². The quantitative estimate of drug-likeness (QED) is 0.550. The van der Waals surface area contributed by atoms with E-state index >= 15 is 0 Å². The number of rotatable bonds is 5. The highest BCUT2D eigenvalue weighted by molar-refractivity contribution is 5.44. The zero-order valence-electron chi connectivity index (χ0n) is 8.74. The maximum atomic E-state index is 10.7. The normalized spacial score (nSPS) is 10.4. The van der Waals surface area contributed by atoms with Crippen molar-refractivity contribution in [3.63, 3.8) is 0 Å². The van der Waals surface area contributed by atoms with Crippen molar-refractivity contribution >= 4 is 11.6 Å². The Labute approximate surface area is 89.9 Å². The second kappa shape index (κ2) is 4.66. The number of hydrogen-bond acceptors (Lipinski definition) is 6. The monoisotopic (exact) mass is 230 g/mol. The molecule has 0 aliphatic rings. The van der Waals surface area contributed by atoms with Crippen LogP contribution in [0.15, 0.2) is 0 Å². The summed E-state index contributed by atoms with van der Waals surface area (Å²) in [4.78, 5) is 19.8. The van der Waals surface area contributed by atoms with Gasteiger partial charge in [-0.2, -0.15) is 0 Å². The van der Waals surface area contributed by atoms with Crippen molar-refractivity contribution in [1.29, 1.82) is 0 Å². The molecule has 1 heterocycles. The molecule has 9 nitrogen and oxygen atoms in total. The highest BCUT2D eigenvalue weighted by Gasteiger charge is 2.33. The van der Waals surface area contributed by atoms with Gasteiger partial charge in [-0.05, 0) is 28.4 Å². The van der Waals surface area contributed by atoms with Crippen molar-refractivity contribution in [3.8, 4) is 0 Å². The fourth-order valence-electron chi connectivity index (χ4n) is 1.20. The minimum Gasteiger partial charge on any atom is -0.358 e. The van der Waals surface area contributed by atoms with Gasteiger partial charge in [0.25, 0.3) is 0 Å². The second-order valence-electron chi connectivity index (χ2n) is 2.91. The molecule has 0 amide bonds. The summed E-state index contributed by atoms with van der Waals surface area (Å²) in [5.41, 5.74) is -0.0743. The molecule has 0 radical (unpaired) electrons. The number of ether oxygens (including phenoxy) is 1. The molecule has 1 aromatic heterocycles. The van der Waals surface area contributed by atoms with E-state index < -0.39 is 21.5 Å². The SMILES string of the molecule is CCOCn1nc([N+](=O)[O-])c(C)c1[N+](=O)[O-]. The summed E-state index contributed by atoms with van der Waals surface area (Å²) in [6, 6.07) is 0. The van der Waals surface area contributed by atoms with Crippen LogP contribution in [0.5, 0.6) is 0 Å². The predicted molar refractivity (Wildman–Crippen MR) is 51.9 cm³/mol. The van der Waals surface area contributed by atoms with E-state index in [-0.39, 0.29) is 12.3 Å². The van der Waals surface area contributed by atoms with Crippen molar-refractivity contribution in [2.24, 2.45) is 0 Å². The van der Waals surface area contributed by atoms with Crippen LogP contribution in [-0.2, 0) is 11.5 Å². The lowest BCUT2D eigenvalue weighted by molar-refractivity contribution is -0.396.